The predicted octanol–water partition coefficient (Wildman–Crippen LogP) is 3.79. The Kier molecular flexibility index (Phi) is 3.69. The maximum Gasteiger partial charge on any atom is 0.103 e. The molecule has 2 rings (SSSR count). The van der Waals surface area contributed by atoms with Gasteiger partial charge in [-0.1, -0.05) is 18.5 Å². The fraction of sp³-hybridized carbons (Fsp3) is 0.286. The smallest absolute Gasteiger partial charge is 0.103 e. The Morgan fingerprint density at radius 2 is 2.06 bits per heavy atom. The molecule has 0 aromatic carbocycles. The Morgan fingerprint density at radius 1 is 1.39 bits per heavy atom. The van der Waals surface area contributed by atoms with Gasteiger partial charge in [0, 0.05) is 30.2 Å². The summed E-state index contributed by atoms with van der Waals surface area (Å²) in [5.41, 5.74) is 3.40. The van der Waals surface area contributed by atoms with Gasteiger partial charge >= 0.3 is 0 Å². The van der Waals surface area contributed by atoms with E-state index < -0.39 is 0 Å². The molecule has 0 saturated carbocycles. The molecule has 0 aliphatic carbocycles. The monoisotopic (exact) mass is 259 g/mol. The Hall–Kier alpha value is -1.79. The molecule has 2 aromatic rings. The Morgan fingerprint density at radius 3 is 2.61 bits per heavy atom. The number of halogens is 1. The lowest BCUT2D eigenvalue weighted by Gasteiger charge is -2.10. The normalized spacial score (nSPS) is 10.3. The number of aromatic nitrogens is 2. The highest BCUT2D eigenvalue weighted by atomic mass is 35.5. The van der Waals surface area contributed by atoms with Crippen molar-refractivity contribution in [3.05, 3.63) is 40.8 Å². The molecule has 0 atom stereocenters. The van der Waals surface area contributed by atoms with E-state index in [0.29, 0.717) is 10.6 Å². The molecule has 2 heterocycles. The van der Waals surface area contributed by atoms with Gasteiger partial charge in [0.05, 0.1) is 16.3 Å². The van der Waals surface area contributed by atoms with E-state index in [0.717, 1.165) is 29.9 Å². The minimum atomic E-state index is 0.537. The molecule has 0 unspecified atom stereocenters. The van der Waals surface area contributed by atoms with E-state index in [1.807, 2.05) is 19.1 Å². The third kappa shape index (κ3) is 2.00. The van der Waals surface area contributed by atoms with Crippen molar-refractivity contribution in [2.45, 2.75) is 26.8 Å². The minimum Gasteiger partial charge on any atom is -0.342 e. The Balaban J connectivity index is 2.70. The molecule has 0 fully saturated rings. The van der Waals surface area contributed by atoms with Crippen molar-refractivity contribution in [1.29, 1.82) is 5.26 Å². The predicted molar refractivity (Wildman–Crippen MR) is 72.4 cm³/mol. The lowest BCUT2D eigenvalue weighted by Crippen LogP contribution is -2.01. The van der Waals surface area contributed by atoms with Crippen LogP contribution in [0.4, 0.5) is 0 Å². The molecule has 3 nitrogen and oxygen atoms in total. The summed E-state index contributed by atoms with van der Waals surface area (Å²) in [6.45, 7) is 4.89. The highest BCUT2D eigenvalue weighted by molar-refractivity contribution is 6.34. The summed E-state index contributed by atoms with van der Waals surface area (Å²) < 4.78 is 2.11. The summed E-state index contributed by atoms with van der Waals surface area (Å²) in [4.78, 5) is 4.01. The number of rotatable bonds is 3. The molecule has 0 aliphatic heterocycles. The molecule has 0 bridgehead atoms. The average molecular weight is 260 g/mol. The van der Waals surface area contributed by atoms with Crippen molar-refractivity contribution in [3.63, 3.8) is 0 Å². The molecule has 0 N–H and O–H groups in total. The van der Waals surface area contributed by atoms with Crippen LogP contribution < -0.4 is 0 Å². The second-order valence-corrected chi connectivity index (χ2v) is 4.50. The Labute approximate surface area is 112 Å². The summed E-state index contributed by atoms with van der Waals surface area (Å²) in [7, 11) is 0. The summed E-state index contributed by atoms with van der Waals surface area (Å²) in [6, 6.07) is 6.01. The molecule has 0 amide bonds. The van der Waals surface area contributed by atoms with Gasteiger partial charge in [0.15, 0.2) is 0 Å². The van der Waals surface area contributed by atoms with Gasteiger partial charge in [-0.3, -0.25) is 4.98 Å². The molecule has 4 heteroatoms. The largest absolute Gasteiger partial charge is 0.342 e. The average Bonchev–Trinajstić information content (AvgIpc) is 2.62. The van der Waals surface area contributed by atoms with Crippen LogP contribution in [0, 0.1) is 18.3 Å². The van der Waals surface area contributed by atoms with Crippen LogP contribution in [0.1, 0.15) is 24.6 Å². The topological polar surface area (TPSA) is 41.6 Å². The van der Waals surface area contributed by atoms with Gasteiger partial charge in [-0.05, 0) is 25.5 Å². The van der Waals surface area contributed by atoms with Crippen LogP contribution in [0.5, 0.6) is 0 Å². The lowest BCUT2D eigenvalue weighted by molar-refractivity contribution is 0.671. The Bertz CT molecular complexity index is 594. The van der Waals surface area contributed by atoms with Crippen LogP contribution in [-0.4, -0.2) is 9.55 Å². The highest BCUT2D eigenvalue weighted by Crippen LogP contribution is 2.35. The van der Waals surface area contributed by atoms with Crippen molar-refractivity contribution in [2.75, 3.05) is 0 Å². The second-order valence-electron chi connectivity index (χ2n) is 4.12. The molecule has 0 radical (unpaired) electrons. The van der Waals surface area contributed by atoms with Crippen molar-refractivity contribution in [1.82, 2.24) is 9.55 Å². The molecular weight excluding hydrogens is 246 g/mol. The first-order valence-electron chi connectivity index (χ1n) is 5.89. The number of pyridine rings is 1. The third-order valence-corrected chi connectivity index (χ3v) is 3.34. The minimum absolute atomic E-state index is 0.537. The lowest BCUT2D eigenvalue weighted by atomic mass is 10.2. The zero-order valence-electron chi connectivity index (χ0n) is 10.4. The van der Waals surface area contributed by atoms with Crippen molar-refractivity contribution in [2.24, 2.45) is 0 Å². The van der Waals surface area contributed by atoms with Crippen LogP contribution in [-0.2, 0) is 6.54 Å². The van der Waals surface area contributed by atoms with Gasteiger partial charge in [0.2, 0.25) is 0 Å². The summed E-state index contributed by atoms with van der Waals surface area (Å²) in [5.74, 6) is 0. The highest BCUT2D eigenvalue weighted by Gasteiger charge is 2.19. The summed E-state index contributed by atoms with van der Waals surface area (Å²) in [5, 5.41) is 9.73. The zero-order valence-corrected chi connectivity index (χ0v) is 11.2. The maximum absolute atomic E-state index is 9.19. The van der Waals surface area contributed by atoms with Gasteiger partial charge in [-0.2, -0.15) is 5.26 Å². The van der Waals surface area contributed by atoms with E-state index in [1.165, 1.54) is 0 Å². The molecule has 18 heavy (non-hydrogen) atoms. The molecule has 92 valence electrons. The van der Waals surface area contributed by atoms with Gasteiger partial charge in [-0.15, -0.1) is 0 Å². The summed E-state index contributed by atoms with van der Waals surface area (Å²) >= 11 is 6.34. The molecule has 0 aliphatic rings. The fourth-order valence-corrected chi connectivity index (χ4v) is 2.51. The van der Waals surface area contributed by atoms with E-state index in [-0.39, 0.29) is 0 Å². The first-order valence-corrected chi connectivity index (χ1v) is 6.27. The van der Waals surface area contributed by atoms with Crippen LogP contribution >= 0.6 is 11.6 Å². The van der Waals surface area contributed by atoms with E-state index in [9.17, 15) is 5.26 Å². The van der Waals surface area contributed by atoms with Crippen molar-refractivity contribution >= 4 is 11.6 Å². The van der Waals surface area contributed by atoms with Crippen molar-refractivity contribution < 1.29 is 0 Å². The first kappa shape index (κ1) is 12.7. The molecule has 0 saturated heterocycles. The molecule has 0 spiro atoms. The summed E-state index contributed by atoms with van der Waals surface area (Å²) in [6.07, 6.45) is 4.46. The standard InChI is InChI=1S/C14H14ClN3/c1-3-8-18-10(2)12(9-16)13(15)14(18)11-4-6-17-7-5-11/h4-7H,3,8H2,1-2H3. The van der Waals surface area contributed by atoms with E-state index in [4.69, 9.17) is 11.6 Å². The van der Waals surface area contributed by atoms with Gasteiger partial charge in [0.25, 0.3) is 0 Å². The number of hydrogen-bond acceptors (Lipinski definition) is 2. The number of nitrogens with zero attached hydrogens (tertiary/aromatic N) is 3. The van der Waals surface area contributed by atoms with Crippen LogP contribution in [0.15, 0.2) is 24.5 Å². The number of hydrogen-bond donors (Lipinski definition) is 0. The second kappa shape index (κ2) is 5.24. The van der Waals surface area contributed by atoms with Crippen LogP contribution in [0.2, 0.25) is 5.02 Å². The van der Waals surface area contributed by atoms with E-state index >= 15 is 0 Å². The third-order valence-electron chi connectivity index (χ3n) is 2.98. The SMILES string of the molecule is CCCn1c(C)c(C#N)c(Cl)c1-c1ccncc1. The maximum atomic E-state index is 9.19. The number of nitriles is 1. The van der Waals surface area contributed by atoms with Crippen LogP contribution in [0.3, 0.4) is 0 Å². The zero-order chi connectivity index (χ0) is 13.1. The van der Waals surface area contributed by atoms with Gasteiger partial charge < -0.3 is 4.57 Å². The molecule has 2 aromatic heterocycles. The quantitative estimate of drug-likeness (QED) is 0.841. The van der Waals surface area contributed by atoms with Crippen molar-refractivity contribution in [3.8, 4) is 17.3 Å². The van der Waals surface area contributed by atoms with Gasteiger partial charge in [-0.25, -0.2) is 0 Å². The van der Waals surface area contributed by atoms with E-state index in [2.05, 4.69) is 22.5 Å². The van der Waals surface area contributed by atoms with Crippen LogP contribution in [0.25, 0.3) is 11.3 Å². The first-order chi connectivity index (χ1) is 8.70. The van der Waals surface area contributed by atoms with Gasteiger partial charge in [0.1, 0.15) is 6.07 Å². The molecular formula is C14H14ClN3. The van der Waals surface area contributed by atoms with E-state index in [1.54, 1.807) is 12.4 Å². The fourth-order valence-electron chi connectivity index (χ4n) is 2.12.